The molecular weight excluding hydrogens is 304 g/mol. The predicted molar refractivity (Wildman–Crippen MR) is 90.7 cm³/mol. The third kappa shape index (κ3) is 3.42. The van der Waals surface area contributed by atoms with E-state index in [1.54, 1.807) is 0 Å². The minimum absolute atomic E-state index is 0.00925. The maximum Gasteiger partial charge on any atom is 0.102 e. The summed E-state index contributed by atoms with van der Waals surface area (Å²) in [5.74, 6) is 0. The van der Waals surface area contributed by atoms with Gasteiger partial charge in [0.05, 0.1) is 37.1 Å². The Labute approximate surface area is 143 Å². The molecule has 4 heteroatoms. The van der Waals surface area contributed by atoms with Gasteiger partial charge in [-0.05, 0) is 18.4 Å². The molecule has 0 spiro atoms. The van der Waals surface area contributed by atoms with E-state index in [2.05, 4.69) is 18.7 Å². The number of hydrogen-bond donors (Lipinski definition) is 0. The second kappa shape index (κ2) is 7.36. The van der Waals surface area contributed by atoms with Crippen LogP contribution in [0.1, 0.15) is 31.2 Å². The third-order valence-corrected chi connectivity index (χ3v) is 5.31. The first-order chi connectivity index (χ1) is 11.8. The van der Waals surface area contributed by atoms with E-state index in [1.165, 1.54) is 5.56 Å². The highest BCUT2D eigenvalue weighted by atomic mass is 16.6. The van der Waals surface area contributed by atoms with Crippen LogP contribution >= 0.6 is 0 Å². The summed E-state index contributed by atoms with van der Waals surface area (Å²) in [7, 11) is 0. The average molecular weight is 330 g/mol. The summed E-state index contributed by atoms with van der Waals surface area (Å²) in [6, 6.07) is 10.2. The number of hydrogen-bond acceptors (Lipinski definition) is 4. The molecule has 1 aromatic rings. The smallest absolute Gasteiger partial charge is 0.102 e. The van der Waals surface area contributed by atoms with E-state index in [1.807, 2.05) is 24.3 Å². The fourth-order valence-corrected chi connectivity index (χ4v) is 4.03. The van der Waals surface area contributed by atoms with E-state index in [4.69, 9.17) is 18.9 Å². The molecule has 130 valence electrons. The Bertz CT molecular complexity index is 546. The molecule has 0 N–H and O–H groups in total. The zero-order valence-electron chi connectivity index (χ0n) is 14.0. The summed E-state index contributed by atoms with van der Waals surface area (Å²) in [6.45, 7) is 5.36. The Morgan fingerprint density at radius 2 is 1.88 bits per heavy atom. The highest BCUT2D eigenvalue weighted by Crippen LogP contribution is 2.37. The molecule has 0 bridgehead atoms. The normalized spacial score (nSPS) is 38.8. The van der Waals surface area contributed by atoms with E-state index in [9.17, 15) is 0 Å². The van der Waals surface area contributed by atoms with Crippen LogP contribution in [0, 0.1) is 0 Å². The van der Waals surface area contributed by atoms with Crippen LogP contribution in [0.2, 0.25) is 0 Å². The lowest BCUT2D eigenvalue weighted by molar-refractivity contribution is -0.257. The van der Waals surface area contributed by atoms with Gasteiger partial charge in [0.2, 0.25) is 0 Å². The van der Waals surface area contributed by atoms with Crippen LogP contribution < -0.4 is 0 Å². The molecule has 0 radical (unpaired) electrons. The van der Waals surface area contributed by atoms with Gasteiger partial charge in [0.1, 0.15) is 6.10 Å². The Morgan fingerprint density at radius 1 is 1.04 bits per heavy atom. The number of fused-ring (bicyclic) bond motifs is 2. The molecule has 3 heterocycles. The Morgan fingerprint density at radius 3 is 2.71 bits per heavy atom. The molecule has 0 aliphatic carbocycles. The first kappa shape index (κ1) is 16.3. The van der Waals surface area contributed by atoms with E-state index >= 15 is 0 Å². The molecule has 0 saturated carbocycles. The minimum Gasteiger partial charge on any atom is -0.375 e. The molecule has 0 aromatic heterocycles. The molecule has 3 saturated heterocycles. The fourth-order valence-electron chi connectivity index (χ4n) is 4.03. The van der Waals surface area contributed by atoms with Crippen molar-refractivity contribution in [2.24, 2.45) is 0 Å². The Hall–Kier alpha value is -1.20. The highest BCUT2D eigenvalue weighted by Gasteiger charge is 2.46. The lowest BCUT2D eigenvalue weighted by atomic mass is 9.88. The van der Waals surface area contributed by atoms with Crippen LogP contribution in [0.25, 0.3) is 0 Å². The van der Waals surface area contributed by atoms with Gasteiger partial charge >= 0.3 is 0 Å². The lowest BCUT2D eigenvalue weighted by Gasteiger charge is -2.48. The maximum atomic E-state index is 6.31. The zero-order valence-corrected chi connectivity index (χ0v) is 14.0. The topological polar surface area (TPSA) is 36.9 Å². The number of benzene rings is 1. The van der Waals surface area contributed by atoms with Crippen molar-refractivity contribution in [1.29, 1.82) is 0 Å². The molecular formula is C20H26O4. The van der Waals surface area contributed by atoms with Gasteiger partial charge in [0.15, 0.2) is 0 Å². The average Bonchev–Trinajstić information content (AvgIpc) is 2.64. The van der Waals surface area contributed by atoms with Crippen molar-refractivity contribution >= 4 is 0 Å². The van der Waals surface area contributed by atoms with Crippen LogP contribution in [0.3, 0.4) is 0 Å². The first-order valence-electron chi connectivity index (χ1n) is 9.04. The van der Waals surface area contributed by atoms with Crippen molar-refractivity contribution in [3.05, 3.63) is 48.6 Å². The molecule has 3 fully saturated rings. The molecule has 3 aliphatic heterocycles. The SMILES string of the molecule is C=C[C@H]1O[C@H]2C[C@H]3OCCC[C@@H]3O[C@@H]2C[C@H]1OCc1ccccc1. The van der Waals surface area contributed by atoms with E-state index < -0.39 is 0 Å². The number of ether oxygens (including phenoxy) is 4. The second-order valence-corrected chi connectivity index (χ2v) is 6.95. The molecule has 6 atom stereocenters. The van der Waals surface area contributed by atoms with Crippen LogP contribution in [0.5, 0.6) is 0 Å². The maximum absolute atomic E-state index is 6.31. The summed E-state index contributed by atoms with van der Waals surface area (Å²) in [6.07, 6.45) is 6.32. The van der Waals surface area contributed by atoms with E-state index in [0.717, 1.165) is 32.3 Å². The summed E-state index contributed by atoms with van der Waals surface area (Å²) in [5, 5.41) is 0. The third-order valence-electron chi connectivity index (χ3n) is 5.31. The van der Waals surface area contributed by atoms with Gasteiger partial charge in [-0.1, -0.05) is 36.4 Å². The van der Waals surface area contributed by atoms with Gasteiger partial charge < -0.3 is 18.9 Å². The van der Waals surface area contributed by atoms with Crippen molar-refractivity contribution in [3.8, 4) is 0 Å². The molecule has 4 rings (SSSR count). The molecule has 3 aliphatic rings. The van der Waals surface area contributed by atoms with Gasteiger partial charge in [0.25, 0.3) is 0 Å². The van der Waals surface area contributed by atoms with E-state index in [-0.39, 0.29) is 36.6 Å². The molecule has 1 aromatic carbocycles. The Kier molecular flexibility index (Phi) is 4.99. The molecule has 0 unspecified atom stereocenters. The van der Waals surface area contributed by atoms with Gasteiger partial charge in [-0.3, -0.25) is 0 Å². The van der Waals surface area contributed by atoms with Crippen LogP contribution in [0.15, 0.2) is 43.0 Å². The summed E-state index contributed by atoms with van der Waals surface area (Å²) >= 11 is 0. The standard InChI is InChI=1S/C20H26O4/c1-2-15-17(22-13-14-7-4-3-5-8-14)11-20-19(23-15)12-18-16(24-20)9-6-10-21-18/h2-5,7-8,15-20H,1,6,9-13H2/t15-,16+,17-,18-,19+,20-/m1/s1. The minimum atomic E-state index is -0.0845. The van der Waals surface area contributed by atoms with Crippen molar-refractivity contribution < 1.29 is 18.9 Å². The summed E-state index contributed by atoms with van der Waals surface area (Å²) < 4.78 is 24.6. The monoisotopic (exact) mass is 330 g/mol. The van der Waals surface area contributed by atoms with Gasteiger partial charge in [-0.15, -0.1) is 6.58 Å². The highest BCUT2D eigenvalue weighted by molar-refractivity contribution is 5.13. The quantitative estimate of drug-likeness (QED) is 0.794. The van der Waals surface area contributed by atoms with Crippen molar-refractivity contribution in [1.82, 2.24) is 0 Å². The molecule has 0 amide bonds. The van der Waals surface area contributed by atoms with E-state index in [0.29, 0.717) is 6.61 Å². The summed E-state index contributed by atoms with van der Waals surface area (Å²) in [4.78, 5) is 0. The van der Waals surface area contributed by atoms with Gasteiger partial charge in [-0.2, -0.15) is 0 Å². The molecule has 4 nitrogen and oxygen atoms in total. The largest absolute Gasteiger partial charge is 0.375 e. The van der Waals surface area contributed by atoms with Crippen LogP contribution in [-0.2, 0) is 25.6 Å². The van der Waals surface area contributed by atoms with Crippen molar-refractivity contribution in [2.45, 2.75) is 68.9 Å². The Balaban J connectivity index is 1.40. The summed E-state index contributed by atoms with van der Waals surface area (Å²) in [5.41, 5.74) is 1.17. The van der Waals surface area contributed by atoms with Crippen LogP contribution in [-0.4, -0.2) is 43.2 Å². The van der Waals surface area contributed by atoms with Crippen molar-refractivity contribution in [3.63, 3.8) is 0 Å². The second-order valence-electron chi connectivity index (χ2n) is 6.95. The lowest BCUT2D eigenvalue weighted by Crippen LogP contribution is -2.57. The number of rotatable bonds is 4. The van der Waals surface area contributed by atoms with Crippen molar-refractivity contribution in [2.75, 3.05) is 6.61 Å². The van der Waals surface area contributed by atoms with Gasteiger partial charge in [-0.25, -0.2) is 0 Å². The molecule has 24 heavy (non-hydrogen) atoms. The van der Waals surface area contributed by atoms with Gasteiger partial charge in [0, 0.05) is 19.4 Å². The fraction of sp³-hybridized carbons (Fsp3) is 0.600. The van der Waals surface area contributed by atoms with Crippen LogP contribution in [0.4, 0.5) is 0 Å². The first-order valence-corrected chi connectivity index (χ1v) is 9.04. The zero-order chi connectivity index (χ0) is 16.4. The predicted octanol–water partition coefficient (Wildman–Crippen LogP) is 3.25.